The number of hydrogen-bond donors (Lipinski definition) is 1. The molecular weight excluding hydrogens is 279 g/mol. The number of halogens is 3. The molecule has 21 heavy (non-hydrogen) atoms. The molecule has 0 atom stereocenters. The van der Waals surface area contributed by atoms with Crippen LogP contribution in [0.4, 0.5) is 19.0 Å². The highest BCUT2D eigenvalue weighted by atomic mass is 19.2. The first-order valence-corrected chi connectivity index (χ1v) is 6.88. The molecule has 0 fully saturated rings. The van der Waals surface area contributed by atoms with E-state index in [1.165, 1.54) is 0 Å². The lowest BCUT2D eigenvalue weighted by Gasteiger charge is -2.13. The second-order valence-electron chi connectivity index (χ2n) is 5.22. The maximum atomic E-state index is 13.9. The van der Waals surface area contributed by atoms with Crippen LogP contribution in [0.5, 0.6) is 0 Å². The van der Waals surface area contributed by atoms with Gasteiger partial charge in [0.15, 0.2) is 11.6 Å². The zero-order valence-electron chi connectivity index (χ0n) is 12.3. The van der Waals surface area contributed by atoms with Crippen molar-refractivity contribution in [1.29, 1.82) is 0 Å². The molecule has 1 aromatic carbocycles. The Morgan fingerprint density at radius 2 is 1.76 bits per heavy atom. The van der Waals surface area contributed by atoms with Crippen molar-refractivity contribution in [3.8, 4) is 11.3 Å². The van der Waals surface area contributed by atoms with E-state index in [2.05, 4.69) is 4.98 Å². The number of nitrogens with zero attached hydrogens (tertiary/aromatic N) is 2. The minimum absolute atomic E-state index is 0.0427. The van der Waals surface area contributed by atoms with Crippen molar-refractivity contribution in [2.45, 2.75) is 39.7 Å². The van der Waals surface area contributed by atoms with Crippen LogP contribution in [-0.4, -0.2) is 9.55 Å². The Hall–Kier alpha value is -1.98. The molecule has 2 rings (SSSR count). The average molecular weight is 297 g/mol. The molecule has 3 nitrogen and oxygen atoms in total. The molecule has 0 spiro atoms. The normalized spacial score (nSPS) is 11.4. The van der Waals surface area contributed by atoms with Gasteiger partial charge in [-0.05, 0) is 26.3 Å². The maximum Gasteiger partial charge on any atom is 0.161 e. The van der Waals surface area contributed by atoms with E-state index in [4.69, 9.17) is 5.73 Å². The number of hydrogen-bond acceptors (Lipinski definition) is 2. The van der Waals surface area contributed by atoms with Crippen LogP contribution in [0.25, 0.3) is 11.3 Å². The zero-order valence-corrected chi connectivity index (χ0v) is 12.3. The number of nitrogens with two attached hydrogens (primary N) is 1. The third-order valence-corrected chi connectivity index (χ3v) is 3.28. The summed E-state index contributed by atoms with van der Waals surface area (Å²) in [5, 5.41) is 0. The Morgan fingerprint density at radius 3 is 2.33 bits per heavy atom. The molecule has 1 heterocycles. The van der Waals surface area contributed by atoms with Crippen molar-refractivity contribution in [2.75, 3.05) is 5.73 Å². The number of anilines is 1. The summed E-state index contributed by atoms with van der Waals surface area (Å²) in [5.74, 6) is -2.26. The standard InChI is InChI=1S/C15H18F3N3/c1-4-5-13-20-14(15(19)21(13)8(2)3)9-6-11(17)12(18)7-10(9)16/h6-8H,4-5,19H2,1-3H3. The first-order valence-electron chi connectivity index (χ1n) is 6.88. The number of aryl methyl sites for hydroxylation is 1. The van der Waals surface area contributed by atoms with E-state index in [0.717, 1.165) is 12.5 Å². The maximum absolute atomic E-state index is 13.9. The van der Waals surface area contributed by atoms with Crippen molar-refractivity contribution < 1.29 is 13.2 Å². The minimum atomic E-state index is -1.23. The fraction of sp³-hybridized carbons (Fsp3) is 0.400. The third-order valence-electron chi connectivity index (χ3n) is 3.28. The lowest BCUT2D eigenvalue weighted by atomic mass is 10.1. The predicted octanol–water partition coefficient (Wildman–Crippen LogP) is 4.08. The van der Waals surface area contributed by atoms with Gasteiger partial charge in [0.1, 0.15) is 23.2 Å². The van der Waals surface area contributed by atoms with E-state index in [1.807, 2.05) is 20.8 Å². The van der Waals surface area contributed by atoms with Gasteiger partial charge < -0.3 is 10.3 Å². The van der Waals surface area contributed by atoms with Crippen molar-refractivity contribution in [1.82, 2.24) is 9.55 Å². The fourth-order valence-corrected chi connectivity index (χ4v) is 2.37. The second kappa shape index (κ2) is 5.79. The molecule has 0 unspecified atom stereocenters. The van der Waals surface area contributed by atoms with Gasteiger partial charge in [-0.25, -0.2) is 18.2 Å². The van der Waals surface area contributed by atoms with E-state index in [0.29, 0.717) is 18.3 Å². The summed E-state index contributed by atoms with van der Waals surface area (Å²) in [6, 6.07) is 1.35. The number of benzene rings is 1. The number of aromatic nitrogens is 2. The molecule has 114 valence electrons. The quantitative estimate of drug-likeness (QED) is 0.864. The number of nitrogen functional groups attached to an aromatic ring is 1. The molecule has 6 heteroatoms. The predicted molar refractivity (Wildman–Crippen MR) is 76.3 cm³/mol. The van der Waals surface area contributed by atoms with Crippen LogP contribution >= 0.6 is 0 Å². The SMILES string of the molecule is CCCc1nc(-c2cc(F)c(F)cc2F)c(N)n1C(C)C. The first kappa shape index (κ1) is 15.4. The highest BCUT2D eigenvalue weighted by Gasteiger charge is 2.21. The molecule has 0 saturated heterocycles. The van der Waals surface area contributed by atoms with Crippen LogP contribution < -0.4 is 5.73 Å². The summed E-state index contributed by atoms with van der Waals surface area (Å²) in [6.45, 7) is 5.86. The molecular formula is C15H18F3N3. The van der Waals surface area contributed by atoms with Crippen molar-refractivity contribution >= 4 is 5.82 Å². The Labute approximate surface area is 121 Å². The molecule has 0 aliphatic carbocycles. The first-order chi connectivity index (χ1) is 9.86. The van der Waals surface area contributed by atoms with Crippen molar-refractivity contribution in [3.05, 3.63) is 35.4 Å². The van der Waals surface area contributed by atoms with Crippen molar-refractivity contribution in [2.24, 2.45) is 0 Å². The Bertz CT molecular complexity index is 663. The van der Waals surface area contributed by atoms with Crippen molar-refractivity contribution in [3.63, 3.8) is 0 Å². The summed E-state index contributed by atoms with van der Waals surface area (Å²) in [5.41, 5.74) is 6.08. The summed E-state index contributed by atoms with van der Waals surface area (Å²) in [4.78, 5) is 4.33. The molecule has 0 aliphatic rings. The summed E-state index contributed by atoms with van der Waals surface area (Å²) < 4.78 is 42.1. The van der Waals surface area contributed by atoms with Crippen LogP contribution in [0.3, 0.4) is 0 Å². The van der Waals surface area contributed by atoms with Gasteiger partial charge >= 0.3 is 0 Å². The number of imidazole rings is 1. The summed E-state index contributed by atoms with van der Waals surface area (Å²) >= 11 is 0. The highest BCUT2D eigenvalue weighted by molar-refractivity contribution is 5.71. The van der Waals surface area contributed by atoms with E-state index in [1.54, 1.807) is 4.57 Å². The van der Waals surface area contributed by atoms with E-state index in [9.17, 15) is 13.2 Å². The lowest BCUT2D eigenvalue weighted by molar-refractivity contribution is 0.496. The van der Waals surface area contributed by atoms with Crippen LogP contribution in [0, 0.1) is 17.5 Å². The van der Waals surface area contributed by atoms with E-state index >= 15 is 0 Å². The topological polar surface area (TPSA) is 43.8 Å². The largest absolute Gasteiger partial charge is 0.383 e. The zero-order chi connectivity index (χ0) is 15.7. The van der Waals surface area contributed by atoms with Crippen LogP contribution in [0.1, 0.15) is 39.1 Å². The highest BCUT2D eigenvalue weighted by Crippen LogP contribution is 2.32. The Balaban J connectivity index is 2.65. The van der Waals surface area contributed by atoms with Gasteiger partial charge in [-0.1, -0.05) is 6.92 Å². The summed E-state index contributed by atoms with van der Waals surface area (Å²) in [6.07, 6.45) is 1.52. The smallest absolute Gasteiger partial charge is 0.161 e. The van der Waals surface area contributed by atoms with Gasteiger partial charge in [0.2, 0.25) is 0 Å². The summed E-state index contributed by atoms with van der Waals surface area (Å²) in [7, 11) is 0. The minimum Gasteiger partial charge on any atom is -0.383 e. The van der Waals surface area contributed by atoms with Gasteiger partial charge in [0, 0.05) is 24.1 Å². The molecule has 0 radical (unpaired) electrons. The molecule has 0 saturated carbocycles. The molecule has 2 aromatic rings. The fourth-order valence-electron chi connectivity index (χ4n) is 2.37. The molecule has 1 aromatic heterocycles. The van der Waals surface area contributed by atoms with Crippen LogP contribution in [-0.2, 0) is 6.42 Å². The van der Waals surface area contributed by atoms with E-state index < -0.39 is 17.5 Å². The van der Waals surface area contributed by atoms with Gasteiger partial charge in [0.25, 0.3) is 0 Å². The number of rotatable bonds is 4. The molecule has 0 amide bonds. The lowest BCUT2D eigenvalue weighted by Crippen LogP contribution is -2.09. The second-order valence-corrected chi connectivity index (χ2v) is 5.22. The molecule has 0 aliphatic heterocycles. The van der Waals surface area contributed by atoms with Gasteiger partial charge in [-0.3, -0.25) is 0 Å². The van der Waals surface area contributed by atoms with Crippen LogP contribution in [0.15, 0.2) is 12.1 Å². The Morgan fingerprint density at radius 1 is 1.14 bits per heavy atom. The monoisotopic (exact) mass is 297 g/mol. The van der Waals surface area contributed by atoms with Gasteiger partial charge in [0.05, 0.1) is 0 Å². The van der Waals surface area contributed by atoms with Crippen LogP contribution in [0.2, 0.25) is 0 Å². The average Bonchev–Trinajstić information content (AvgIpc) is 2.71. The molecule has 2 N–H and O–H groups in total. The Kier molecular flexibility index (Phi) is 4.25. The molecule has 0 bridgehead atoms. The third kappa shape index (κ3) is 2.75. The van der Waals surface area contributed by atoms with Gasteiger partial charge in [-0.2, -0.15) is 0 Å². The van der Waals surface area contributed by atoms with Gasteiger partial charge in [-0.15, -0.1) is 0 Å². The van der Waals surface area contributed by atoms with E-state index in [-0.39, 0.29) is 23.1 Å².